The van der Waals surface area contributed by atoms with Crippen LogP contribution in [0.5, 0.6) is 0 Å². The second kappa shape index (κ2) is 8.34. The van der Waals surface area contributed by atoms with E-state index >= 15 is 0 Å². The number of benzene rings is 1. The highest BCUT2D eigenvalue weighted by Gasteiger charge is 2.25. The zero-order valence-electron chi connectivity index (χ0n) is 14.7. The van der Waals surface area contributed by atoms with E-state index in [1.54, 1.807) is 11.0 Å². The van der Waals surface area contributed by atoms with Gasteiger partial charge in [0.25, 0.3) is 5.91 Å². The number of carbonyl (C=O) groups excluding carboxylic acids is 3. The van der Waals surface area contributed by atoms with E-state index in [0.29, 0.717) is 36.1 Å². The molecule has 0 saturated carbocycles. The van der Waals surface area contributed by atoms with Crippen LogP contribution >= 0.6 is 11.6 Å². The van der Waals surface area contributed by atoms with E-state index in [1.165, 1.54) is 19.1 Å². The van der Waals surface area contributed by atoms with Crippen LogP contribution in [0.4, 0.5) is 5.69 Å². The van der Waals surface area contributed by atoms with Crippen molar-refractivity contribution in [2.24, 2.45) is 5.92 Å². The largest absolute Gasteiger partial charge is 0.449 e. The number of nitrogens with one attached hydrogen (secondary N) is 1. The zero-order chi connectivity index (χ0) is 18.6. The van der Waals surface area contributed by atoms with Crippen LogP contribution in [-0.2, 0) is 14.3 Å². The molecule has 1 aromatic rings. The van der Waals surface area contributed by atoms with Gasteiger partial charge in [0.2, 0.25) is 5.91 Å². The standard InChI is InChI=1S/C18H23ClN2O4/c1-11(2)10-20-17(23)12(3)25-18(24)13-6-7-14(19)15(9-13)21-8-4-5-16(21)22/h6-7,9,11-12H,4-5,8,10H2,1-3H3,(H,20,23)/t12-/m1/s1. The predicted octanol–water partition coefficient (Wildman–Crippen LogP) is 2.78. The van der Waals surface area contributed by atoms with Crippen molar-refractivity contribution in [2.45, 2.75) is 39.7 Å². The molecule has 0 bridgehead atoms. The Hall–Kier alpha value is -2.08. The van der Waals surface area contributed by atoms with Crippen molar-refractivity contribution in [1.29, 1.82) is 0 Å². The van der Waals surface area contributed by atoms with Crippen LogP contribution in [-0.4, -0.2) is 37.0 Å². The SMILES string of the molecule is CC(C)CNC(=O)[C@@H](C)OC(=O)c1ccc(Cl)c(N2CCCC2=O)c1. The van der Waals surface area contributed by atoms with Gasteiger partial charge in [-0.3, -0.25) is 9.59 Å². The Morgan fingerprint density at radius 3 is 2.64 bits per heavy atom. The van der Waals surface area contributed by atoms with E-state index < -0.39 is 12.1 Å². The molecule has 136 valence electrons. The molecule has 0 radical (unpaired) electrons. The number of carbonyl (C=O) groups is 3. The number of hydrogen-bond donors (Lipinski definition) is 1. The van der Waals surface area contributed by atoms with Gasteiger partial charge in [-0.2, -0.15) is 0 Å². The highest BCUT2D eigenvalue weighted by molar-refractivity contribution is 6.34. The minimum absolute atomic E-state index is 0.0196. The normalized spacial score (nSPS) is 15.4. The van der Waals surface area contributed by atoms with Gasteiger partial charge in [0.05, 0.1) is 16.3 Å². The van der Waals surface area contributed by atoms with Crippen LogP contribution < -0.4 is 10.2 Å². The van der Waals surface area contributed by atoms with Crippen LogP contribution in [0.15, 0.2) is 18.2 Å². The van der Waals surface area contributed by atoms with Crippen molar-refractivity contribution >= 4 is 35.1 Å². The van der Waals surface area contributed by atoms with E-state index in [9.17, 15) is 14.4 Å². The van der Waals surface area contributed by atoms with Crippen LogP contribution in [0.1, 0.15) is 44.0 Å². The molecule has 1 saturated heterocycles. The number of ether oxygens (including phenoxy) is 1. The Bertz CT molecular complexity index is 675. The van der Waals surface area contributed by atoms with Crippen LogP contribution in [0.25, 0.3) is 0 Å². The molecule has 0 spiro atoms. The lowest BCUT2D eigenvalue weighted by Crippen LogP contribution is -2.37. The minimum atomic E-state index is -0.904. The highest BCUT2D eigenvalue weighted by Crippen LogP contribution is 2.30. The summed E-state index contributed by atoms with van der Waals surface area (Å²) >= 11 is 6.16. The van der Waals surface area contributed by atoms with Gasteiger partial charge in [-0.15, -0.1) is 0 Å². The molecule has 7 heteroatoms. The first kappa shape index (κ1) is 19.2. The summed E-state index contributed by atoms with van der Waals surface area (Å²) in [7, 11) is 0. The van der Waals surface area contributed by atoms with E-state index in [1.807, 2.05) is 13.8 Å². The van der Waals surface area contributed by atoms with E-state index in [0.717, 1.165) is 6.42 Å². The summed E-state index contributed by atoms with van der Waals surface area (Å²) in [6.45, 7) is 6.57. The fraction of sp³-hybridized carbons (Fsp3) is 0.500. The molecule has 2 rings (SSSR count). The van der Waals surface area contributed by atoms with Crippen molar-refractivity contribution in [3.8, 4) is 0 Å². The maximum Gasteiger partial charge on any atom is 0.338 e. The minimum Gasteiger partial charge on any atom is -0.449 e. The van der Waals surface area contributed by atoms with Gasteiger partial charge in [0.15, 0.2) is 6.10 Å². The molecule has 1 atom stereocenters. The summed E-state index contributed by atoms with van der Waals surface area (Å²) in [6.07, 6.45) is 0.327. The first-order valence-corrected chi connectivity index (χ1v) is 8.76. The molecule has 1 N–H and O–H groups in total. The van der Waals surface area contributed by atoms with Gasteiger partial charge in [-0.05, 0) is 37.5 Å². The Labute approximate surface area is 152 Å². The number of rotatable bonds is 6. The summed E-state index contributed by atoms with van der Waals surface area (Å²) in [4.78, 5) is 37.7. The van der Waals surface area contributed by atoms with E-state index in [-0.39, 0.29) is 17.4 Å². The summed E-state index contributed by atoms with van der Waals surface area (Å²) in [5.41, 5.74) is 0.748. The molecular weight excluding hydrogens is 344 g/mol. The number of anilines is 1. The third-order valence-corrected chi connectivity index (χ3v) is 4.20. The number of halogens is 1. The first-order chi connectivity index (χ1) is 11.8. The molecule has 0 unspecified atom stereocenters. The predicted molar refractivity (Wildman–Crippen MR) is 95.8 cm³/mol. The third kappa shape index (κ3) is 4.95. The summed E-state index contributed by atoms with van der Waals surface area (Å²) < 4.78 is 5.22. The smallest absolute Gasteiger partial charge is 0.338 e. The van der Waals surface area contributed by atoms with Crippen molar-refractivity contribution in [3.63, 3.8) is 0 Å². The second-order valence-corrected chi connectivity index (χ2v) is 6.91. The fourth-order valence-electron chi connectivity index (χ4n) is 2.48. The number of nitrogens with zero attached hydrogens (tertiary/aromatic N) is 1. The van der Waals surface area contributed by atoms with Crippen molar-refractivity contribution < 1.29 is 19.1 Å². The van der Waals surface area contributed by atoms with E-state index in [4.69, 9.17) is 16.3 Å². The Morgan fingerprint density at radius 2 is 2.04 bits per heavy atom. The number of esters is 1. The third-order valence-electron chi connectivity index (χ3n) is 3.88. The second-order valence-electron chi connectivity index (χ2n) is 6.50. The molecule has 1 aliphatic heterocycles. The van der Waals surface area contributed by atoms with Gasteiger partial charge in [-0.25, -0.2) is 4.79 Å². The Balaban J connectivity index is 2.06. The lowest BCUT2D eigenvalue weighted by molar-refractivity contribution is -0.129. The fourth-order valence-corrected chi connectivity index (χ4v) is 2.70. The molecule has 0 aromatic heterocycles. The maximum absolute atomic E-state index is 12.3. The summed E-state index contributed by atoms with van der Waals surface area (Å²) in [6, 6.07) is 4.61. The average molecular weight is 367 g/mol. The molecule has 1 fully saturated rings. The topological polar surface area (TPSA) is 75.7 Å². The Morgan fingerprint density at radius 1 is 1.32 bits per heavy atom. The molecule has 2 amide bonds. The van der Waals surface area contributed by atoms with Crippen molar-refractivity contribution in [1.82, 2.24) is 5.32 Å². The lowest BCUT2D eigenvalue weighted by atomic mass is 10.2. The zero-order valence-corrected chi connectivity index (χ0v) is 15.4. The molecule has 1 aliphatic rings. The van der Waals surface area contributed by atoms with Gasteiger partial charge < -0.3 is 15.0 Å². The lowest BCUT2D eigenvalue weighted by Gasteiger charge is -2.19. The van der Waals surface area contributed by atoms with Gasteiger partial charge in [0, 0.05) is 19.5 Å². The van der Waals surface area contributed by atoms with E-state index in [2.05, 4.69) is 5.32 Å². The van der Waals surface area contributed by atoms with Crippen molar-refractivity contribution in [3.05, 3.63) is 28.8 Å². The summed E-state index contributed by atoms with van der Waals surface area (Å²) in [5.74, 6) is -0.680. The van der Waals surface area contributed by atoms with Crippen molar-refractivity contribution in [2.75, 3.05) is 18.0 Å². The maximum atomic E-state index is 12.3. The molecule has 1 heterocycles. The monoisotopic (exact) mass is 366 g/mol. The molecule has 1 aromatic carbocycles. The quantitative estimate of drug-likeness (QED) is 0.785. The molecule has 6 nitrogen and oxygen atoms in total. The van der Waals surface area contributed by atoms with Gasteiger partial charge >= 0.3 is 5.97 Å². The number of hydrogen-bond acceptors (Lipinski definition) is 4. The molecule has 0 aliphatic carbocycles. The summed E-state index contributed by atoms with van der Waals surface area (Å²) in [5, 5.41) is 3.12. The average Bonchev–Trinajstić information content (AvgIpc) is 2.98. The van der Waals surface area contributed by atoms with Gasteiger partial charge in [0.1, 0.15) is 0 Å². The van der Waals surface area contributed by atoms with Crippen LogP contribution in [0.3, 0.4) is 0 Å². The molecule has 25 heavy (non-hydrogen) atoms. The number of amides is 2. The first-order valence-electron chi connectivity index (χ1n) is 8.38. The van der Waals surface area contributed by atoms with Crippen LogP contribution in [0, 0.1) is 5.92 Å². The Kier molecular flexibility index (Phi) is 6.42. The molecular formula is C18H23ClN2O4. The van der Waals surface area contributed by atoms with Gasteiger partial charge in [-0.1, -0.05) is 25.4 Å². The van der Waals surface area contributed by atoms with Crippen LogP contribution in [0.2, 0.25) is 5.02 Å². The highest BCUT2D eigenvalue weighted by atomic mass is 35.5.